The number of carbonyl (C=O) groups excluding carboxylic acids is 2. The van der Waals surface area contributed by atoms with Crippen LogP contribution < -0.4 is 19.7 Å². The Hall–Kier alpha value is -3.88. The standard InChI is InChI=1S/C35H43N3O5/c1-24-21-26(7-14-32(24)41-6)33(40)36-28-10-13-31-30(22-28)35(5,23-34(3,4)38(31)25(2)39)27-8-11-29(12-9-27)43-20-17-37-15-18-42-19-16-37/h7-14,21-22H,15-20,23H2,1-6H3,(H,36,40). The summed E-state index contributed by atoms with van der Waals surface area (Å²) in [5, 5.41) is 3.07. The number of fused-ring (bicyclic) bond motifs is 1. The summed E-state index contributed by atoms with van der Waals surface area (Å²) < 4.78 is 16.9. The molecular formula is C35H43N3O5. The SMILES string of the molecule is COc1ccc(C(=O)Nc2ccc3c(c2)C(C)(c2ccc(OCCN4CCOCC4)cc2)CC(C)(C)N3C(C)=O)cc1C. The summed E-state index contributed by atoms with van der Waals surface area (Å²) in [6.07, 6.45) is 0.707. The first-order valence-corrected chi connectivity index (χ1v) is 15.0. The molecule has 1 unspecified atom stereocenters. The van der Waals surface area contributed by atoms with E-state index in [9.17, 15) is 9.59 Å². The van der Waals surface area contributed by atoms with Crippen molar-refractivity contribution in [3.8, 4) is 11.5 Å². The van der Waals surface area contributed by atoms with Gasteiger partial charge >= 0.3 is 0 Å². The van der Waals surface area contributed by atoms with Crippen molar-refractivity contribution in [2.75, 3.05) is 56.8 Å². The third kappa shape index (κ3) is 6.40. The molecule has 2 aliphatic rings. The largest absolute Gasteiger partial charge is 0.496 e. The molecule has 2 amide bonds. The minimum atomic E-state index is -0.424. The van der Waals surface area contributed by atoms with Crippen molar-refractivity contribution in [1.29, 1.82) is 0 Å². The second-order valence-electron chi connectivity index (χ2n) is 12.4. The highest BCUT2D eigenvalue weighted by molar-refractivity contribution is 6.05. The maximum atomic E-state index is 13.2. The molecule has 1 N–H and O–H groups in total. The number of ether oxygens (including phenoxy) is 3. The number of amides is 2. The van der Waals surface area contributed by atoms with E-state index in [1.807, 2.05) is 48.2 Å². The van der Waals surface area contributed by atoms with Gasteiger partial charge in [-0.2, -0.15) is 0 Å². The topological polar surface area (TPSA) is 80.3 Å². The summed E-state index contributed by atoms with van der Waals surface area (Å²) in [6, 6.07) is 19.5. The highest BCUT2D eigenvalue weighted by Crippen LogP contribution is 2.51. The Morgan fingerprint density at radius 3 is 2.35 bits per heavy atom. The fraction of sp³-hybridized carbons (Fsp3) is 0.429. The maximum absolute atomic E-state index is 13.2. The molecule has 8 heteroatoms. The summed E-state index contributed by atoms with van der Waals surface area (Å²) >= 11 is 0. The van der Waals surface area contributed by atoms with Crippen LogP contribution in [0.1, 0.15) is 61.2 Å². The molecule has 0 aliphatic carbocycles. The van der Waals surface area contributed by atoms with Gasteiger partial charge in [0.2, 0.25) is 5.91 Å². The average molecular weight is 586 g/mol. The van der Waals surface area contributed by atoms with Crippen LogP contribution in [0.25, 0.3) is 0 Å². The van der Waals surface area contributed by atoms with Crippen molar-refractivity contribution in [1.82, 2.24) is 4.90 Å². The molecule has 2 heterocycles. The lowest BCUT2D eigenvalue weighted by Crippen LogP contribution is -2.55. The average Bonchev–Trinajstić information content (AvgIpc) is 2.97. The highest BCUT2D eigenvalue weighted by atomic mass is 16.5. The van der Waals surface area contributed by atoms with E-state index in [0.717, 1.165) is 66.7 Å². The smallest absolute Gasteiger partial charge is 0.255 e. The molecule has 228 valence electrons. The van der Waals surface area contributed by atoms with Crippen molar-refractivity contribution in [3.63, 3.8) is 0 Å². The Bertz CT molecular complexity index is 1480. The summed E-state index contributed by atoms with van der Waals surface area (Å²) in [7, 11) is 1.62. The maximum Gasteiger partial charge on any atom is 0.255 e. The number of nitrogens with one attached hydrogen (secondary N) is 1. The van der Waals surface area contributed by atoms with Gasteiger partial charge in [0.25, 0.3) is 5.91 Å². The van der Waals surface area contributed by atoms with Gasteiger partial charge < -0.3 is 24.4 Å². The van der Waals surface area contributed by atoms with Gasteiger partial charge in [0, 0.05) is 54.5 Å². The number of hydrogen-bond acceptors (Lipinski definition) is 6. The quantitative estimate of drug-likeness (QED) is 0.360. The van der Waals surface area contributed by atoms with E-state index >= 15 is 0 Å². The third-order valence-corrected chi connectivity index (χ3v) is 8.72. The summed E-state index contributed by atoms with van der Waals surface area (Å²) in [5.74, 6) is 1.35. The van der Waals surface area contributed by atoms with Crippen molar-refractivity contribution in [2.45, 2.75) is 52.0 Å². The summed E-state index contributed by atoms with van der Waals surface area (Å²) in [5.41, 5.74) is 4.24. The molecule has 0 saturated carbocycles. The number of rotatable bonds is 8. The van der Waals surface area contributed by atoms with E-state index in [0.29, 0.717) is 24.3 Å². The molecule has 0 aromatic heterocycles. The van der Waals surface area contributed by atoms with Gasteiger partial charge in [-0.25, -0.2) is 0 Å². The van der Waals surface area contributed by atoms with Crippen LogP contribution in [-0.4, -0.2) is 68.8 Å². The van der Waals surface area contributed by atoms with Crippen LogP contribution in [0, 0.1) is 6.92 Å². The molecule has 0 radical (unpaired) electrons. The van der Waals surface area contributed by atoms with E-state index in [2.05, 4.69) is 43.1 Å². The first-order chi connectivity index (χ1) is 20.5. The van der Waals surface area contributed by atoms with Crippen molar-refractivity contribution in [3.05, 3.63) is 82.9 Å². The molecule has 2 aliphatic heterocycles. The van der Waals surface area contributed by atoms with E-state index in [1.165, 1.54) is 0 Å². The molecule has 8 nitrogen and oxygen atoms in total. The second kappa shape index (κ2) is 12.4. The Labute approximate surface area is 254 Å². The zero-order valence-corrected chi connectivity index (χ0v) is 26.2. The van der Waals surface area contributed by atoms with Gasteiger partial charge in [0.1, 0.15) is 18.1 Å². The Morgan fingerprint density at radius 1 is 0.977 bits per heavy atom. The van der Waals surface area contributed by atoms with Crippen LogP contribution in [0.2, 0.25) is 0 Å². The number of aryl methyl sites for hydroxylation is 1. The first-order valence-electron chi connectivity index (χ1n) is 15.0. The number of carbonyl (C=O) groups is 2. The van der Waals surface area contributed by atoms with Crippen LogP contribution in [0.5, 0.6) is 11.5 Å². The zero-order chi connectivity index (χ0) is 30.8. The number of methoxy groups -OCH3 is 1. The van der Waals surface area contributed by atoms with Crippen LogP contribution in [-0.2, 0) is 14.9 Å². The van der Waals surface area contributed by atoms with Crippen LogP contribution in [0.4, 0.5) is 11.4 Å². The number of benzene rings is 3. The molecule has 5 rings (SSSR count). The Balaban J connectivity index is 1.42. The van der Waals surface area contributed by atoms with Crippen LogP contribution >= 0.6 is 0 Å². The number of morpholine rings is 1. The van der Waals surface area contributed by atoms with E-state index in [4.69, 9.17) is 14.2 Å². The van der Waals surface area contributed by atoms with E-state index in [1.54, 1.807) is 26.2 Å². The second-order valence-corrected chi connectivity index (χ2v) is 12.4. The lowest BCUT2D eigenvalue weighted by Gasteiger charge is -2.51. The monoisotopic (exact) mass is 585 g/mol. The normalized spacial score (nSPS) is 19.8. The summed E-state index contributed by atoms with van der Waals surface area (Å²) in [6.45, 7) is 14.9. The predicted octanol–water partition coefficient (Wildman–Crippen LogP) is 5.81. The minimum absolute atomic E-state index is 0.0113. The lowest BCUT2D eigenvalue weighted by molar-refractivity contribution is -0.117. The van der Waals surface area contributed by atoms with Gasteiger partial charge in [-0.05, 0) is 92.4 Å². The van der Waals surface area contributed by atoms with Crippen LogP contribution in [0.3, 0.4) is 0 Å². The lowest BCUT2D eigenvalue weighted by atomic mass is 9.65. The van der Waals surface area contributed by atoms with Gasteiger partial charge in [0.15, 0.2) is 0 Å². The molecular weight excluding hydrogens is 542 g/mol. The number of hydrogen-bond donors (Lipinski definition) is 1. The van der Waals surface area contributed by atoms with Crippen molar-refractivity contribution in [2.24, 2.45) is 0 Å². The van der Waals surface area contributed by atoms with E-state index < -0.39 is 11.0 Å². The molecule has 3 aromatic rings. The predicted molar refractivity (Wildman–Crippen MR) is 170 cm³/mol. The van der Waals surface area contributed by atoms with Crippen molar-refractivity contribution >= 4 is 23.2 Å². The third-order valence-electron chi connectivity index (χ3n) is 8.72. The fourth-order valence-corrected chi connectivity index (χ4v) is 6.73. The highest BCUT2D eigenvalue weighted by Gasteiger charge is 2.47. The molecule has 43 heavy (non-hydrogen) atoms. The minimum Gasteiger partial charge on any atom is -0.496 e. The van der Waals surface area contributed by atoms with Gasteiger partial charge in [0.05, 0.1) is 20.3 Å². The zero-order valence-electron chi connectivity index (χ0n) is 26.2. The van der Waals surface area contributed by atoms with Gasteiger partial charge in [-0.1, -0.05) is 19.1 Å². The Kier molecular flexibility index (Phi) is 8.81. The van der Waals surface area contributed by atoms with Gasteiger partial charge in [-0.15, -0.1) is 0 Å². The molecule has 3 aromatic carbocycles. The van der Waals surface area contributed by atoms with Crippen molar-refractivity contribution < 1.29 is 23.8 Å². The number of nitrogens with zero attached hydrogens (tertiary/aromatic N) is 2. The summed E-state index contributed by atoms with van der Waals surface area (Å²) in [4.78, 5) is 30.4. The van der Waals surface area contributed by atoms with Crippen LogP contribution in [0.15, 0.2) is 60.7 Å². The molecule has 1 saturated heterocycles. The first kappa shape index (κ1) is 30.6. The molecule has 1 fully saturated rings. The molecule has 0 spiro atoms. The van der Waals surface area contributed by atoms with Gasteiger partial charge in [-0.3, -0.25) is 14.5 Å². The molecule has 1 atom stereocenters. The van der Waals surface area contributed by atoms with E-state index in [-0.39, 0.29) is 11.8 Å². The molecule has 0 bridgehead atoms. The Morgan fingerprint density at radius 2 is 1.70 bits per heavy atom. The fourth-order valence-electron chi connectivity index (χ4n) is 6.73. The number of anilines is 2.